The average molecular weight is 385 g/mol. The predicted molar refractivity (Wildman–Crippen MR) is 101 cm³/mol. The van der Waals surface area contributed by atoms with Crippen molar-refractivity contribution in [2.75, 3.05) is 32.7 Å². The molecule has 2 aromatic rings. The number of hydrogen-bond donors (Lipinski definition) is 1. The van der Waals surface area contributed by atoms with Gasteiger partial charge in [-0.15, -0.1) is 0 Å². The monoisotopic (exact) mass is 385 g/mol. The number of amides is 2. The molecule has 3 heterocycles. The lowest BCUT2D eigenvalue weighted by Crippen LogP contribution is -2.53. The van der Waals surface area contributed by atoms with Crippen LogP contribution in [0.3, 0.4) is 0 Å². The van der Waals surface area contributed by atoms with Gasteiger partial charge in [-0.1, -0.05) is 12.1 Å². The van der Waals surface area contributed by atoms with Gasteiger partial charge in [0.05, 0.1) is 18.7 Å². The first-order valence-electron chi connectivity index (χ1n) is 9.51. The highest BCUT2D eigenvalue weighted by atomic mass is 19.1. The van der Waals surface area contributed by atoms with E-state index in [2.05, 4.69) is 10.4 Å². The molecular weight excluding hydrogens is 361 g/mol. The Morgan fingerprint density at radius 1 is 1.32 bits per heavy atom. The number of carbonyl (C=O) groups excluding carboxylic acids is 2. The number of rotatable bonds is 4. The van der Waals surface area contributed by atoms with Gasteiger partial charge in [0.25, 0.3) is 0 Å². The van der Waals surface area contributed by atoms with Crippen molar-refractivity contribution in [1.29, 1.82) is 0 Å². The van der Waals surface area contributed by atoms with Crippen molar-refractivity contribution in [3.63, 3.8) is 0 Å². The molecule has 0 radical (unpaired) electrons. The van der Waals surface area contributed by atoms with E-state index in [9.17, 15) is 14.0 Å². The van der Waals surface area contributed by atoms with Crippen LogP contribution in [0.15, 0.2) is 36.7 Å². The second-order valence-electron chi connectivity index (χ2n) is 7.52. The lowest BCUT2D eigenvalue weighted by molar-refractivity contribution is -0.147. The van der Waals surface area contributed by atoms with Gasteiger partial charge >= 0.3 is 0 Å². The number of halogens is 1. The molecule has 0 unspecified atom stereocenters. The Morgan fingerprint density at radius 2 is 2.18 bits per heavy atom. The molecule has 0 aliphatic carbocycles. The SMILES string of the molecule is Cn1cc([C@H]2CNC[C@@H]2C(=O)N2CCN(Cc3cccc(F)c3)C(=O)C2)cn1. The van der Waals surface area contributed by atoms with E-state index < -0.39 is 0 Å². The summed E-state index contributed by atoms with van der Waals surface area (Å²) in [5, 5.41) is 7.50. The fraction of sp³-hybridized carbons (Fsp3) is 0.450. The molecule has 2 fully saturated rings. The number of nitrogens with zero attached hydrogens (tertiary/aromatic N) is 4. The lowest BCUT2D eigenvalue weighted by Gasteiger charge is -2.36. The van der Waals surface area contributed by atoms with Gasteiger partial charge in [-0.05, 0) is 23.3 Å². The van der Waals surface area contributed by atoms with Crippen molar-refractivity contribution >= 4 is 11.8 Å². The van der Waals surface area contributed by atoms with E-state index in [1.807, 2.05) is 13.2 Å². The van der Waals surface area contributed by atoms with Crippen molar-refractivity contribution in [2.24, 2.45) is 13.0 Å². The first-order valence-corrected chi connectivity index (χ1v) is 9.51. The highest BCUT2D eigenvalue weighted by molar-refractivity contribution is 5.88. The normalized spacial score (nSPS) is 22.7. The van der Waals surface area contributed by atoms with Gasteiger partial charge in [-0.3, -0.25) is 14.3 Å². The predicted octanol–water partition coefficient (Wildman–Crippen LogP) is 0.733. The summed E-state index contributed by atoms with van der Waals surface area (Å²) < 4.78 is 15.1. The molecule has 28 heavy (non-hydrogen) atoms. The molecule has 1 aromatic heterocycles. The third kappa shape index (κ3) is 3.77. The molecule has 2 atom stereocenters. The van der Waals surface area contributed by atoms with Crippen molar-refractivity contribution in [3.05, 3.63) is 53.6 Å². The summed E-state index contributed by atoms with van der Waals surface area (Å²) in [7, 11) is 1.86. The molecule has 7 nitrogen and oxygen atoms in total. The molecule has 4 rings (SSSR count). The largest absolute Gasteiger partial charge is 0.335 e. The molecule has 1 aromatic carbocycles. The van der Waals surface area contributed by atoms with E-state index in [0.717, 1.165) is 17.7 Å². The second-order valence-corrected chi connectivity index (χ2v) is 7.52. The minimum atomic E-state index is -0.311. The molecule has 2 amide bonds. The third-order valence-corrected chi connectivity index (χ3v) is 5.58. The topological polar surface area (TPSA) is 70.5 Å². The fourth-order valence-corrected chi connectivity index (χ4v) is 4.07. The number of benzene rings is 1. The van der Waals surface area contributed by atoms with E-state index >= 15 is 0 Å². The van der Waals surface area contributed by atoms with Crippen molar-refractivity contribution in [2.45, 2.75) is 12.5 Å². The van der Waals surface area contributed by atoms with Crippen LogP contribution in [-0.4, -0.2) is 64.1 Å². The van der Waals surface area contributed by atoms with E-state index in [4.69, 9.17) is 0 Å². The second kappa shape index (κ2) is 7.71. The van der Waals surface area contributed by atoms with Crippen LogP contribution in [0.4, 0.5) is 4.39 Å². The highest BCUT2D eigenvalue weighted by Crippen LogP contribution is 2.29. The lowest BCUT2D eigenvalue weighted by atomic mass is 9.89. The van der Waals surface area contributed by atoms with Gasteiger partial charge in [-0.25, -0.2) is 4.39 Å². The number of aromatic nitrogens is 2. The van der Waals surface area contributed by atoms with Crippen LogP contribution in [0.1, 0.15) is 17.0 Å². The molecule has 148 valence electrons. The zero-order chi connectivity index (χ0) is 19.7. The Hall–Kier alpha value is -2.74. The Morgan fingerprint density at radius 3 is 2.89 bits per heavy atom. The minimum Gasteiger partial charge on any atom is -0.335 e. The molecule has 8 heteroatoms. The van der Waals surface area contributed by atoms with Crippen molar-refractivity contribution in [3.8, 4) is 0 Å². The van der Waals surface area contributed by atoms with Gasteiger partial charge < -0.3 is 15.1 Å². The Bertz CT molecular complexity index is 883. The summed E-state index contributed by atoms with van der Waals surface area (Å²) in [6, 6.07) is 6.26. The van der Waals surface area contributed by atoms with Gasteiger partial charge in [0.2, 0.25) is 11.8 Å². The molecule has 2 aliphatic heterocycles. The van der Waals surface area contributed by atoms with E-state index in [1.165, 1.54) is 12.1 Å². The maximum absolute atomic E-state index is 13.4. The van der Waals surface area contributed by atoms with Crippen LogP contribution in [0.2, 0.25) is 0 Å². The highest BCUT2D eigenvalue weighted by Gasteiger charge is 2.39. The molecule has 2 saturated heterocycles. The van der Waals surface area contributed by atoms with E-state index in [1.54, 1.807) is 32.8 Å². The maximum Gasteiger partial charge on any atom is 0.242 e. The Balaban J connectivity index is 1.39. The molecule has 0 bridgehead atoms. The standard InChI is InChI=1S/C20H24FN5O2/c1-24-12-15(8-23-24)17-9-22-10-18(17)20(28)26-6-5-25(19(27)13-26)11-14-3-2-4-16(21)7-14/h2-4,7-8,12,17-18,22H,5-6,9-11,13H2,1H3/t17-,18+/m1/s1. The zero-order valence-corrected chi connectivity index (χ0v) is 15.8. The number of hydrogen-bond acceptors (Lipinski definition) is 4. The van der Waals surface area contributed by atoms with E-state index in [0.29, 0.717) is 26.2 Å². The van der Waals surface area contributed by atoms with Gasteiger partial charge in [0.1, 0.15) is 5.82 Å². The van der Waals surface area contributed by atoms with Gasteiger partial charge in [0.15, 0.2) is 0 Å². The van der Waals surface area contributed by atoms with E-state index in [-0.39, 0.29) is 36.0 Å². The molecule has 0 saturated carbocycles. The summed E-state index contributed by atoms with van der Waals surface area (Å²) in [5.74, 6) is -0.521. The summed E-state index contributed by atoms with van der Waals surface area (Å²) in [6.45, 7) is 2.73. The van der Waals surface area contributed by atoms with Gasteiger partial charge in [-0.2, -0.15) is 5.10 Å². The van der Waals surface area contributed by atoms with Crippen LogP contribution in [0.5, 0.6) is 0 Å². The minimum absolute atomic E-state index is 0.0117. The first kappa shape index (κ1) is 18.6. The summed E-state index contributed by atoms with van der Waals surface area (Å²) in [6.07, 6.45) is 3.75. The zero-order valence-electron chi connectivity index (χ0n) is 15.8. The molecule has 2 aliphatic rings. The summed E-state index contributed by atoms with van der Waals surface area (Å²) in [4.78, 5) is 29.0. The van der Waals surface area contributed by atoms with Crippen LogP contribution < -0.4 is 5.32 Å². The fourth-order valence-electron chi connectivity index (χ4n) is 4.07. The number of aryl methyl sites for hydroxylation is 1. The van der Waals surface area contributed by atoms with Gasteiger partial charge in [0, 0.05) is 51.9 Å². The molecule has 1 N–H and O–H groups in total. The van der Waals surface area contributed by atoms with Crippen molar-refractivity contribution < 1.29 is 14.0 Å². The average Bonchev–Trinajstić information content (AvgIpc) is 3.31. The summed E-state index contributed by atoms with van der Waals surface area (Å²) in [5.41, 5.74) is 1.80. The van der Waals surface area contributed by atoms with Crippen LogP contribution in [0.25, 0.3) is 0 Å². The molecule has 0 spiro atoms. The maximum atomic E-state index is 13.4. The van der Waals surface area contributed by atoms with Crippen molar-refractivity contribution in [1.82, 2.24) is 24.9 Å². The Kier molecular flexibility index (Phi) is 5.13. The van der Waals surface area contributed by atoms with Crippen LogP contribution >= 0.6 is 0 Å². The van der Waals surface area contributed by atoms with Crippen LogP contribution in [-0.2, 0) is 23.2 Å². The quantitative estimate of drug-likeness (QED) is 0.843. The van der Waals surface area contributed by atoms with Crippen LogP contribution in [0, 0.1) is 11.7 Å². The smallest absolute Gasteiger partial charge is 0.242 e. The Labute approximate surface area is 163 Å². The summed E-state index contributed by atoms with van der Waals surface area (Å²) >= 11 is 0. The third-order valence-electron chi connectivity index (χ3n) is 5.58. The molecular formula is C20H24FN5O2. The number of carbonyl (C=O) groups is 2. The first-order chi connectivity index (χ1) is 13.5. The number of nitrogens with one attached hydrogen (secondary N) is 1. The number of piperazine rings is 1.